The Kier molecular flexibility index (Phi) is 2.54. The van der Waals surface area contributed by atoms with E-state index in [0.717, 1.165) is 16.9 Å². The van der Waals surface area contributed by atoms with Crippen LogP contribution in [-0.2, 0) is 0 Å². The molecular formula is C11H16N2O2. The van der Waals surface area contributed by atoms with Gasteiger partial charge < -0.3 is 20.8 Å². The lowest BCUT2D eigenvalue weighted by molar-refractivity contribution is 0.0572. The molecule has 0 aliphatic carbocycles. The van der Waals surface area contributed by atoms with Crippen LogP contribution in [-0.4, -0.2) is 35.5 Å². The number of nitrogens with zero attached hydrogens (tertiary/aromatic N) is 1. The minimum atomic E-state index is -0.651. The van der Waals surface area contributed by atoms with E-state index in [9.17, 15) is 10.2 Å². The summed E-state index contributed by atoms with van der Waals surface area (Å²) in [6, 6.07) is 5.65. The quantitative estimate of drug-likeness (QED) is 0.573. The molecule has 0 saturated carbocycles. The van der Waals surface area contributed by atoms with Gasteiger partial charge in [-0.25, -0.2) is 0 Å². The number of aliphatic hydroxyl groups is 2. The molecule has 2 rings (SSSR count). The summed E-state index contributed by atoms with van der Waals surface area (Å²) in [6.45, 7) is 2.93. The molecule has 1 aliphatic heterocycles. The fraction of sp³-hybridized carbons (Fsp3) is 0.455. The van der Waals surface area contributed by atoms with E-state index in [1.807, 2.05) is 30.0 Å². The molecule has 0 aromatic heterocycles. The lowest BCUT2D eigenvalue weighted by Gasteiger charge is -2.20. The maximum atomic E-state index is 9.46. The number of β-amino-alcohol motifs (C(OH)–C–C–N with tert-alkyl or cyclic N) is 2. The smallest absolute Gasteiger partial charge is 0.0990 e. The summed E-state index contributed by atoms with van der Waals surface area (Å²) in [6.07, 6.45) is -1.30. The van der Waals surface area contributed by atoms with Crippen molar-refractivity contribution in [3.63, 3.8) is 0 Å². The van der Waals surface area contributed by atoms with Gasteiger partial charge in [0, 0.05) is 24.5 Å². The van der Waals surface area contributed by atoms with Gasteiger partial charge in [-0.1, -0.05) is 0 Å². The number of rotatable bonds is 1. The number of anilines is 2. The Balaban J connectivity index is 2.24. The highest BCUT2D eigenvalue weighted by molar-refractivity contribution is 5.59. The summed E-state index contributed by atoms with van der Waals surface area (Å²) in [4.78, 5) is 1.98. The normalized spacial score (nSPS) is 25.9. The molecule has 0 radical (unpaired) electrons. The van der Waals surface area contributed by atoms with E-state index in [-0.39, 0.29) is 0 Å². The average molecular weight is 208 g/mol. The number of aryl methyl sites for hydroxylation is 1. The molecule has 4 heteroatoms. The fourth-order valence-electron chi connectivity index (χ4n) is 2.00. The molecule has 15 heavy (non-hydrogen) atoms. The number of benzene rings is 1. The van der Waals surface area contributed by atoms with Crippen LogP contribution in [0.5, 0.6) is 0 Å². The van der Waals surface area contributed by atoms with E-state index >= 15 is 0 Å². The van der Waals surface area contributed by atoms with Crippen LogP contribution in [0.4, 0.5) is 11.4 Å². The first-order chi connectivity index (χ1) is 7.08. The van der Waals surface area contributed by atoms with Crippen molar-refractivity contribution in [1.29, 1.82) is 0 Å². The van der Waals surface area contributed by atoms with Crippen LogP contribution < -0.4 is 10.6 Å². The van der Waals surface area contributed by atoms with Crippen molar-refractivity contribution < 1.29 is 10.2 Å². The highest BCUT2D eigenvalue weighted by Gasteiger charge is 2.30. The third-order valence-corrected chi connectivity index (χ3v) is 2.82. The number of aliphatic hydroxyl groups excluding tert-OH is 2. The van der Waals surface area contributed by atoms with E-state index in [1.54, 1.807) is 0 Å². The second-order valence-corrected chi connectivity index (χ2v) is 4.09. The highest BCUT2D eigenvalue weighted by atomic mass is 16.3. The van der Waals surface area contributed by atoms with Crippen molar-refractivity contribution in [3.8, 4) is 0 Å². The third-order valence-electron chi connectivity index (χ3n) is 2.82. The molecule has 1 aromatic rings. The predicted molar refractivity (Wildman–Crippen MR) is 59.8 cm³/mol. The van der Waals surface area contributed by atoms with Crippen molar-refractivity contribution in [2.45, 2.75) is 19.1 Å². The van der Waals surface area contributed by atoms with Crippen molar-refractivity contribution >= 4 is 11.4 Å². The lowest BCUT2D eigenvalue weighted by atomic mass is 10.1. The minimum Gasteiger partial charge on any atom is -0.399 e. The Morgan fingerprint density at radius 3 is 2.40 bits per heavy atom. The first-order valence-corrected chi connectivity index (χ1v) is 5.05. The largest absolute Gasteiger partial charge is 0.399 e. The predicted octanol–water partition coefficient (Wildman–Crippen LogP) is 0.119. The summed E-state index contributed by atoms with van der Waals surface area (Å²) < 4.78 is 0. The van der Waals surface area contributed by atoms with Crippen molar-refractivity contribution in [2.75, 3.05) is 23.7 Å². The van der Waals surface area contributed by atoms with Crippen LogP contribution in [0.15, 0.2) is 18.2 Å². The van der Waals surface area contributed by atoms with Crippen LogP contribution in [0.1, 0.15) is 5.56 Å². The lowest BCUT2D eigenvalue weighted by Crippen LogP contribution is -2.22. The van der Waals surface area contributed by atoms with Gasteiger partial charge in [0.15, 0.2) is 0 Å². The van der Waals surface area contributed by atoms with Crippen LogP contribution in [0.25, 0.3) is 0 Å². The molecule has 4 N–H and O–H groups in total. The van der Waals surface area contributed by atoms with Crippen molar-refractivity contribution in [2.24, 2.45) is 0 Å². The molecule has 1 fully saturated rings. The summed E-state index contributed by atoms with van der Waals surface area (Å²) >= 11 is 0. The topological polar surface area (TPSA) is 69.7 Å². The zero-order chi connectivity index (χ0) is 11.0. The van der Waals surface area contributed by atoms with Crippen LogP contribution in [0.2, 0.25) is 0 Å². The van der Waals surface area contributed by atoms with Gasteiger partial charge in [-0.15, -0.1) is 0 Å². The fourth-order valence-corrected chi connectivity index (χ4v) is 2.00. The Morgan fingerprint density at radius 2 is 1.87 bits per heavy atom. The maximum Gasteiger partial charge on any atom is 0.0990 e. The van der Waals surface area contributed by atoms with Crippen LogP contribution in [0.3, 0.4) is 0 Å². The van der Waals surface area contributed by atoms with Gasteiger partial charge >= 0.3 is 0 Å². The van der Waals surface area contributed by atoms with Crippen molar-refractivity contribution in [1.82, 2.24) is 0 Å². The standard InChI is InChI=1S/C11H16N2O2/c1-7-4-8(12)2-3-9(7)13-5-10(14)11(15)6-13/h2-4,10-11,14-15H,5-6,12H2,1H3/t10-,11-/m1/s1. The van der Waals surface area contributed by atoms with E-state index < -0.39 is 12.2 Å². The second-order valence-electron chi connectivity index (χ2n) is 4.09. The molecule has 82 valence electrons. The Bertz CT molecular complexity index is 358. The summed E-state index contributed by atoms with van der Waals surface area (Å²) in [5.41, 5.74) is 8.49. The van der Waals surface area contributed by atoms with E-state index in [0.29, 0.717) is 13.1 Å². The highest BCUT2D eigenvalue weighted by Crippen LogP contribution is 2.25. The molecule has 1 saturated heterocycles. The average Bonchev–Trinajstić information content (AvgIpc) is 2.46. The van der Waals surface area contributed by atoms with Crippen molar-refractivity contribution in [3.05, 3.63) is 23.8 Å². The maximum absolute atomic E-state index is 9.46. The van der Waals surface area contributed by atoms with Gasteiger partial charge in [-0.3, -0.25) is 0 Å². The summed E-state index contributed by atoms with van der Waals surface area (Å²) in [5.74, 6) is 0. The van der Waals surface area contributed by atoms with Crippen LogP contribution >= 0.6 is 0 Å². The number of nitrogen functional groups attached to an aromatic ring is 1. The molecule has 0 amide bonds. The monoisotopic (exact) mass is 208 g/mol. The Morgan fingerprint density at radius 1 is 1.27 bits per heavy atom. The molecule has 0 bridgehead atoms. The van der Waals surface area contributed by atoms with Gasteiger partial charge in [0.25, 0.3) is 0 Å². The first-order valence-electron chi connectivity index (χ1n) is 5.05. The molecule has 1 aromatic carbocycles. The van der Waals surface area contributed by atoms with Gasteiger partial charge in [-0.2, -0.15) is 0 Å². The molecule has 1 heterocycles. The zero-order valence-corrected chi connectivity index (χ0v) is 8.72. The molecule has 1 aliphatic rings. The van der Waals surface area contributed by atoms with Gasteiger partial charge in [0.2, 0.25) is 0 Å². The first kappa shape index (κ1) is 10.3. The zero-order valence-electron chi connectivity index (χ0n) is 8.72. The Hall–Kier alpha value is -1.26. The number of hydrogen-bond donors (Lipinski definition) is 3. The SMILES string of the molecule is Cc1cc(N)ccc1N1C[C@@H](O)[C@H](O)C1. The number of hydrogen-bond acceptors (Lipinski definition) is 4. The molecule has 4 nitrogen and oxygen atoms in total. The second kappa shape index (κ2) is 3.72. The number of nitrogens with two attached hydrogens (primary N) is 1. The summed E-state index contributed by atoms with van der Waals surface area (Å²) in [7, 11) is 0. The molecule has 0 spiro atoms. The molecular weight excluding hydrogens is 192 g/mol. The van der Waals surface area contributed by atoms with Gasteiger partial charge in [0.05, 0.1) is 12.2 Å². The molecule has 0 unspecified atom stereocenters. The van der Waals surface area contributed by atoms with E-state index in [1.165, 1.54) is 0 Å². The van der Waals surface area contributed by atoms with E-state index in [4.69, 9.17) is 5.73 Å². The van der Waals surface area contributed by atoms with Gasteiger partial charge in [0.1, 0.15) is 0 Å². The van der Waals surface area contributed by atoms with Gasteiger partial charge in [-0.05, 0) is 30.7 Å². The van der Waals surface area contributed by atoms with Crippen LogP contribution in [0, 0.1) is 6.92 Å². The Labute approximate surface area is 88.9 Å². The van der Waals surface area contributed by atoms with E-state index in [2.05, 4.69) is 0 Å². The molecule has 2 atom stereocenters. The minimum absolute atomic E-state index is 0.478. The summed E-state index contributed by atoms with van der Waals surface area (Å²) in [5, 5.41) is 18.9. The third kappa shape index (κ3) is 1.91.